The lowest BCUT2D eigenvalue weighted by Crippen LogP contribution is -2.30. The van der Waals surface area contributed by atoms with E-state index in [1.807, 2.05) is 13.8 Å². The molecule has 1 aromatic heterocycles. The van der Waals surface area contributed by atoms with Crippen LogP contribution in [0.4, 0.5) is 0 Å². The number of carbonyl (C=O) groups excluding carboxylic acids is 1. The molecule has 0 unspecified atom stereocenters. The van der Waals surface area contributed by atoms with E-state index < -0.39 is 0 Å². The molecule has 0 radical (unpaired) electrons. The maximum absolute atomic E-state index is 11.9. The molecule has 1 aromatic rings. The molecule has 0 bridgehead atoms. The van der Waals surface area contributed by atoms with E-state index in [4.69, 9.17) is 4.42 Å². The summed E-state index contributed by atoms with van der Waals surface area (Å²) in [6, 6.07) is 2.36. The lowest BCUT2D eigenvalue weighted by atomic mass is 10.1. The number of aryl methyl sites for hydroxylation is 2. The van der Waals surface area contributed by atoms with Gasteiger partial charge < -0.3 is 15.1 Å². The van der Waals surface area contributed by atoms with E-state index in [9.17, 15) is 4.79 Å². The van der Waals surface area contributed by atoms with Crippen molar-refractivity contribution in [2.24, 2.45) is 0 Å². The third kappa shape index (κ3) is 3.09. The highest BCUT2D eigenvalue weighted by Crippen LogP contribution is 2.13. The van der Waals surface area contributed by atoms with Gasteiger partial charge in [0.25, 0.3) is 5.91 Å². The van der Waals surface area contributed by atoms with E-state index in [-0.39, 0.29) is 5.91 Å². The summed E-state index contributed by atoms with van der Waals surface area (Å²) in [5.74, 6) is 1.45. The highest BCUT2D eigenvalue weighted by Gasteiger charge is 2.16. The van der Waals surface area contributed by atoms with E-state index in [1.165, 1.54) is 12.8 Å². The van der Waals surface area contributed by atoms with Crippen molar-refractivity contribution in [3.63, 3.8) is 0 Å². The fourth-order valence-electron chi connectivity index (χ4n) is 2.31. The van der Waals surface area contributed by atoms with E-state index in [0.717, 1.165) is 25.3 Å². The third-order valence-electron chi connectivity index (χ3n) is 3.23. The molecule has 0 aliphatic carbocycles. The number of carbonyl (C=O) groups is 1. The van der Waals surface area contributed by atoms with Gasteiger partial charge >= 0.3 is 0 Å². The van der Waals surface area contributed by atoms with Crippen LogP contribution in [0.15, 0.2) is 10.5 Å². The molecule has 0 spiro atoms. The Morgan fingerprint density at radius 2 is 2.41 bits per heavy atom. The summed E-state index contributed by atoms with van der Waals surface area (Å²) in [6.45, 7) is 5.51. The summed E-state index contributed by atoms with van der Waals surface area (Å²) >= 11 is 0. The Morgan fingerprint density at radius 1 is 1.59 bits per heavy atom. The summed E-state index contributed by atoms with van der Waals surface area (Å²) in [4.78, 5) is 11.9. The minimum absolute atomic E-state index is 0.0302. The first-order valence-electron chi connectivity index (χ1n) is 6.25. The Labute approximate surface area is 102 Å². The van der Waals surface area contributed by atoms with Crippen LogP contribution in [0.5, 0.6) is 0 Å². The Hall–Kier alpha value is -1.29. The molecule has 2 heterocycles. The van der Waals surface area contributed by atoms with Crippen LogP contribution in [0.1, 0.15) is 41.1 Å². The van der Waals surface area contributed by atoms with E-state index in [0.29, 0.717) is 17.4 Å². The van der Waals surface area contributed by atoms with Gasteiger partial charge in [0.15, 0.2) is 0 Å². The monoisotopic (exact) mass is 236 g/mol. The van der Waals surface area contributed by atoms with Crippen molar-refractivity contribution in [1.29, 1.82) is 0 Å². The first-order chi connectivity index (χ1) is 8.16. The highest BCUT2D eigenvalue weighted by molar-refractivity contribution is 5.95. The van der Waals surface area contributed by atoms with Gasteiger partial charge in [-0.05, 0) is 45.7 Å². The van der Waals surface area contributed by atoms with Crippen molar-refractivity contribution in [2.45, 2.75) is 39.2 Å². The van der Waals surface area contributed by atoms with Crippen LogP contribution in [0, 0.1) is 13.8 Å². The van der Waals surface area contributed by atoms with E-state index in [2.05, 4.69) is 10.6 Å². The summed E-state index contributed by atoms with van der Waals surface area (Å²) in [6.07, 6.45) is 3.47. The average molecular weight is 236 g/mol. The Morgan fingerprint density at radius 3 is 3.00 bits per heavy atom. The second-order valence-corrected chi connectivity index (χ2v) is 4.66. The maximum atomic E-state index is 11.9. The predicted molar refractivity (Wildman–Crippen MR) is 66.2 cm³/mol. The molecule has 94 valence electrons. The first-order valence-corrected chi connectivity index (χ1v) is 6.25. The zero-order valence-corrected chi connectivity index (χ0v) is 10.5. The second kappa shape index (κ2) is 5.36. The lowest BCUT2D eigenvalue weighted by molar-refractivity contribution is 0.0951. The van der Waals surface area contributed by atoms with Crippen LogP contribution in [-0.2, 0) is 0 Å². The minimum Gasteiger partial charge on any atom is -0.466 e. The van der Waals surface area contributed by atoms with E-state index >= 15 is 0 Å². The molecule has 1 atom stereocenters. The van der Waals surface area contributed by atoms with Crippen molar-refractivity contribution < 1.29 is 9.21 Å². The van der Waals surface area contributed by atoms with Crippen molar-refractivity contribution in [2.75, 3.05) is 13.1 Å². The fourth-order valence-corrected chi connectivity index (χ4v) is 2.31. The lowest BCUT2D eigenvalue weighted by Gasteiger charge is -2.10. The average Bonchev–Trinajstić information content (AvgIpc) is 2.88. The largest absolute Gasteiger partial charge is 0.466 e. The van der Waals surface area contributed by atoms with Crippen LogP contribution in [0.25, 0.3) is 0 Å². The predicted octanol–water partition coefficient (Wildman–Crippen LogP) is 1.77. The molecule has 4 heteroatoms. The molecule has 0 aromatic carbocycles. The van der Waals surface area contributed by atoms with Gasteiger partial charge in [-0.25, -0.2) is 0 Å². The summed E-state index contributed by atoms with van der Waals surface area (Å²) in [7, 11) is 0. The van der Waals surface area contributed by atoms with Crippen LogP contribution in [0.3, 0.4) is 0 Å². The van der Waals surface area contributed by atoms with Gasteiger partial charge in [-0.2, -0.15) is 0 Å². The standard InChI is InChI=1S/C13H20N2O2/c1-9-8-12(10(2)17-9)13(16)15-7-5-11-4-3-6-14-11/h8,11,14H,3-7H2,1-2H3,(H,15,16)/t11-/m1/s1. The van der Waals surface area contributed by atoms with E-state index in [1.54, 1.807) is 6.07 Å². The third-order valence-corrected chi connectivity index (χ3v) is 3.23. The number of nitrogens with one attached hydrogen (secondary N) is 2. The summed E-state index contributed by atoms with van der Waals surface area (Å²) < 4.78 is 5.34. The van der Waals surface area contributed by atoms with Crippen LogP contribution in [-0.4, -0.2) is 25.0 Å². The Balaban J connectivity index is 1.78. The van der Waals surface area contributed by atoms with Crippen molar-refractivity contribution >= 4 is 5.91 Å². The molecular weight excluding hydrogens is 216 g/mol. The van der Waals surface area contributed by atoms with Gasteiger partial charge in [0.2, 0.25) is 0 Å². The normalized spacial score (nSPS) is 19.5. The zero-order valence-electron chi connectivity index (χ0n) is 10.5. The van der Waals surface area contributed by atoms with Crippen LogP contribution in [0.2, 0.25) is 0 Å². The second-order valence-electron chi connectivity index (χ2n) is 4.66. The molecular formula is C13H20N2O2. The van der Waals surface area contributed by atoms with Gasteiger partial charge in [0.1, 0.15) is 11.5 Å². The molecule has 1 amide bonds. The van der Waals surface area contributed by atoms with Gasteiger partial charge in [-0.15, -0.1) is 0 Å². The number of rotatable bonds is 4. The zero-order chi connectivity index (χ0) is 12.3. The minimum atomic E-state index is -0.0302. The number of hydrogen-bond acceptors (Lipinski definition) is 3. The summed E-state index contributed by atoms with van der Waals surface area (Å²) in [5.41, 5.74) is 0.655. The topological polar surface area (TPSA) is 54.3 Å². The van der Waals surface area contributed by atoms with Crippen molar-refractivity contribution in [1.82, 2.24) is 10.6 Å². The molecule has 1 saturated heterocycles. The molecule has 2 rings (SSSR count). The van der Waals surface area contributed by atoms with Gasteiger partial charge in [0, 0.05) is 12.6 Å². The fraction of sp³-hybridized carbons (Fsp3) is 0.615. The first kappa shape index (κ1) is 12.2. The Kier molecular flexibility index (Phi) is 3.84. The van der Waals surface area contributed by atoms with Gasteiger partial charge in [-0.1, -0.05) is 0 Å². The van der Waals surface area contributed by atoms with Crippen LogP contribution < -0.4 is 10.6 Å². The van der Waals surface area contributed by atoms with Crippen LogP contribution >= 0.6 is 0 Å². The van der Waals surface area contributed by atoms with Gasteiger partial charge in [-0.3, -0.25) is 4.79 Å². The van der Waals surface area contributed by atoms with Crippen molar-refractivity contribution in [3.8, 4) is 0 Å². The smallest absolute Gasteiger partial charge is 0.254 e. The highest BCUT2D eigenvalue weighted by atomic mass is 16.3. The Bertz CT molecular complexity index is 392. The SMILES string of the molecule is Cc1cc(C(=O)NCC[C@H]2CCCN2)c(C)o1. The molecule has 17 heavy (non-hydrogen) atoms. The molecule has 0 saturated carbocycles. The molecule has 4 nitrogen and oxygen atoms in total. The molecule has 1 aliphatic rings. The van der Waals surface area contributed by atoms with Crippen molar-refractivity contribution in [3.05, 3.63) is 23.2 Å². The number of furan rings is 1. The van der Waals surface area contributed by atoms with Gasteiger partial charge in [0.05, 0.1) is 5.56 Å². The summed E-state index contributed by atoms with van der Waals surface area (Å²) in [5, 5.41) is 6.36. The molecule has 2 N–H and O–H groups in total. The molecule has 1 aliphatic heterocycles. The maximum Gasteiger partial charge on any atom is 0.254 e. The molecule has 1 fully saturated rings. The number of amides is 1. The quantitative estimate of drug-likeness (QED) is 0.837. The number of hydrogen-bond donors (Lipinski definition) is 2.